The van der Waals surface area contributed by atoms with Crippen LogP contribution in [0.4, 0.5) is 0 Å². The van der Waals surface area contributed by atoms with Crippen LogP contribution in [0, 0.1) is 0 Å². The average molecular weight is 353 g/mol. The lowest BCUT2D eigenvalue weighted by atomic mass is 10.1. The normalized spacial score (nSPS) is 11.0. The highest BCUT2D eigenvalue weighted by molar-refractivity contribution is 6.30. The van der Waals surface area contributed by atoms with Crippen LogP contribution in [0.3, 0.4) is 0 Å². The van der Waals surface area contributed by atoms with Crippen LogP contribution >= 0.6 is 11.6 Å². The Balaban J connectivity index is 1.85. The predicted molar refractivity (Wildman–Crippen MR) is 97.2 cm³/mol. The third-order valence-electron chi connectivity index (χ3n) is 3.95. The van der Waals surface area contributed by atoms with Gasteiger partial charge in [-0.05, 0) is 48.5 Å². The van der Waals surface area contributed by atoms with Crippen LogP contribution < -0.4 is 10.4 Å². The van der Waals surface area contributed by atoms with Crippen LogP contribution in [0.1, 0.15) is 0 Å². The van der Waals surface area contributed by atoms with E-state index in [1.54, 1.807) is 25.3 Å². The van der Waals surface area contributed by atoms with Crippen molar-refractivity contribution in [3.63, 3.8) is 0 Å². The summed E-state index contributed by atoms with van der Waals surface area (Å²) >= 11 is 5.92. The Labute approximate surface area is 148 Å². The topological polar surface area (TPSA) is 52.6 Å². The van der Waals surface area contributed by atoms with E-state index in [2.05, 4.69) is 0 Å². The lowest BCUT2D eigenvalue weighted by Crippen LogP contribution is -1.98. The molecule has 0 aliphatic heterocycles. The maximum Gasteiger partial charge on any atom is 0.336 e. The van der Waals surface area contributed by atoms with E-state index in [9.17, 15) is 4.79 Å². The van der Waals surface area contributed by atoms with Crippen molar-refractivity contribution in [2.45, 2.75) is 0 Å². The number of methoxy groups -OCH3 is 1. The summed E-state index contributed by atoms with van der Waals surface area (Å²) in [5.74, 6) is 1.91. The van der Waals surface area contributed by atoms with Gasteiger partial charge >= 0.3 is 5.63 Å². The Kier molecular flexibility index (Phi) is 3.82. The Morgan fingerprint density at radius 3 is 2.40 bits per heavy atom. The van der Waals surface area contributed by atoms with E-state index in [1.165, 1.54) is 6.07 Å². The Morgan fingerprint density at radius 2 is 1.64 bits per heavy atom. The summed E-state index contributed by atoms with van der Waals surface area (Å²) in [4.78, 5) is 11.9. The second kappa shape index (κ2) is 6.15. The SMILES string of the molecule is COc1ccc2c(-c3ccc(-c4ccc(Cl)cc4)o3)cc(=O)oc2c1. The van der Waals surface area contributed by atoms with Crippen molar-refractivity contribution >= 4 is 22.6 Å². The van der Waals surface area contributed by atoms with E-state index in [0.29, 0.717) is 33.4 Å². The maximum atomic E-state index is 11.9. The van der Waals surface area contributed by atoms with Crippen LogP contribution in [0.25, 0.3) is 33.6 Å². The van der Waals surface area contributed by atoms with Gasteiger partial charge in [-0.3, -0.25) is 0 Å². The fourth-order valence-electron chi connectivity index (χ4n) is 2.73. The zero-order valence-corrected chi connectivity index (χ0v) is 14.0. The second-order valence-corrected chi connectivity index (χ2v) is 5.95. The van der Waals surface area contributed by atoms with Gasteiger partial charge in [-0.15, -0.1) is 0 Å². The molecular formula is C20H13ClO4. The van der Waals surface area contributed by atoms with Crippen molar-refractivity contribution in [2.24, 2.45) is 0 Å². The van der Waals surface area contributed by atoms with E-state index in [1.807, 2.05) is 36.4 Å². The first kappa shape index (κ1) is 15.5. The highest BCUT2D eigenvalue weighted by Crippen LogP contribution is 2.33. The van der Waals surface area contributed by atoms with Crippen LogP contribution in [-0.4, -0.2) is 7.11 Å². The Bertz CT molecular complexity index is 1110. The van der Waals surface area contributed by atoms with Gasteiger partial charge < -0.3 is 13.6 Å². The molecule has 0 radical (unpaired) electrons. The van der Waals surface area contributed by atoms with Crippen molar-refractivity contribution < 1.29 is 13.6 Å². The minimum Gasteiger partial charge on any atom is -0.497 e. The monoisotopic (exact) mass is 352 g/mol. The fourth-order valence-corrected chi connectivity index (χ4v) is 2.85. The highest BCUT2D eigenvalue weighted by atomic mass is 35.5. The molecule has 25 heavy (non-hydrogen) atoms. The molecule has 5 heteroatoms. The number of hydrogen-bond donors (Lipinski definition) is 0. The van der Waals surface area contributed by atoms with Crippen molar-refractivity contribution in [2.75, 3.05) is 7.11 Å². The maximum absolute atomic E-state index is 11.9. The molecular weight excluding hydrogens is 340 g/mol. The van der Waals surface area contributed by atoms with Crippen LogP contribution in [0.15, 0.2) is 74.3 Å². The lowest BCUT2D eigenvalue weighted by molar-refractivity contribution is 0.414. The zero-order valence-electron chi connectivity index (χ0n) is 13.3. The summed E-state index contributed by atoms with van der Waals surface area (Å²) in [5, 5.41) is 1.44. The Morgan fingerprint density at radius 1 is 0.880 bits per heavy atom. The molecule has 0 unspecified atom stereocenters. The number of fused-ring (bicyclic) bond motifs is 1. The Hall–Kier alpha value is -2.98. The summed E-state index contributed by atoms with van der Waals surface area (Å²) in [6.45, 7) is 0. The zero-order chi connectivity index (χ0) is 17.4. The predicted octanol–water partition coefficient (Wildman–Crippen LogP) is 5.38. The van der Waals surface area contributed by atoms with E-state index >= 15 is 0 Å². The van der Waals surface area contributed by atoms with Gasteiger partial charge in [-0.25, -0.2) is 4.79 Å². The molecule has 0 aliphatic carbocycles. The number of rotatable bonds is 3. The molecule has 124 valence electrons. The molecule has 0 spiro atoms. The molecule has 4 rings (SSSR count). The number of ether oxygens (including phenoxy) is 1. The van der Waals surface area contributed by atoms with E-state index < -0.39 is 5.63 Å². The van der Waals surface area contributed by atoms with Crippen molar-refractivity contribution in [3.8, 4) is 28.4 Å². The van der Waals surface area contributed by atoms with E-state index in [-0.39, 0.29) is 0 Å². The number of furan rings is 1. The first-order valence-corrected chi connectivity index (χ1v) is 8.00. The van der Waals surface area contributed by atoms with Gasteiger partial charge in [0.05, 0.1) is 7.11 Å². The average Bonchev–Trinajstić information content (AvgIpc) is 3.11. The summed E-state index contributed by atoms with van der Waals surface area (Å²) in [5.41, 5.74) is 1.59. The minimum absolute atomic E-state index is 0.444. The third kappa shape index (κ3) is 2.92. The molecule has 2 aromatic carbocycles. The molecule has 0 fully saturated rings. The molecule has 0 atom stereocenters. The van der Waals surface area contributed by atoms with Gasteiger partial charge in [0.1, 0.15) is 22.9 Å². The van der Waals surface area contributed by atoms with Gasteiger partial charge in [-0.1, -0.05) is 11.6 Å². The summed E-state index contributed by atoms with van der Waals surface area (Å²) < 4.78 is 16.4. The largest absolute Gasteiger partial charge is 0.497 e. The lowest BCUT2D eigenvalue weighted by Gasteiger charge is -2.05. The highest BCUT2D eigenvalue weighted by Gasteiger charge is 2.13. The van der Waals surface area contributed by atoms with Crippen LogP contribution in [0.5, 0.6) is 5.75 Å². The first-order valence-electron chi connectivity index (χ1n) is 7.62. The smallest absolute Gasteiger partial charge is 0.336 e. The quantitative estimate of drug-likeness (QED) is 0.464. The van der Waals surface area contributed by atoms with Gasteiger partial charge in [-0.2, -0.15) is 0 Å². The van der Waals surface area contributed by atoms with E-state index in [4.69, 9.17) is 25.2 Å². The molecule has 0 amide bonds. The molecule has 2 heterocycles. The van der Waals surface area contributed by atoms with Crippen molar-refractivity contribution in [1.29, 1.82) is 0 Å². The van der Waals surface area contributed by atoms with Gasteiger partial charge in [0.2, 0.25) is 0 Å². The molecule has 0 bridgehead atoms. The molecule has 4 nitrogen and oxygen atoms in total. The molecule has 0 N–H and O–H groups in total. The van der Waals surface area contributed by atoms with Gasteiger partial charge in [0, 0.05) is 33.7 Å². The van der Waals surface area contributed by atoms with Crippen LogP contribution in [0.2, 0.25) is 5.02 Å². The van der Waals surface area contributed by atoms with Crippen molar-refractivity contribution in [1.82, 2.24) is 0 Å². The minimum atomic E-state index is -0.444. The number of benzene rings is 2. The van der Waals surface area contributed by atoms with Crippen LogP contribution in [-0.2, 0) is 0 Å². The molecule has 0 saturated carbocycles. The summed E-state index contributed by atoms with van der Waals surface area (Å²) in [7, 11) is 1.56. The molecule has 0 saturated heterocycles. The van der Waals surface area contributed by atoms with E-state index in [0.717, 1.165) is 10.9 Å². The summed E-state index contributed by atoms with van der Waals surface area (Å²) in [6, 6.07) is 17.8. The molecule has 2 aromatic heterocycles. The fraction of sp³-hybridized carbons (Fsp3) is 0.0500. The molecule has 0 aliphatic rings. The van der Waals surface area contributed by atoms with Crippen molar-refractivity contribution in [3.05, 3.63) is 76.1 Å². The first-order chi connectivity index (χ1) is 12.1. The standard InChI is InChI=1S/C20H13ClO4/c1-23-14-6-7-15-16(11-20(22)25-19(15)10-14)18-9-8-17(24-18)12-2-4-13(21)5-3-12/h2-11H,1H3. The van der Waals surface area contributed by atoms with Gasteiger partial charge in [0.25, 0.3) is 0 Å². The molecule has 4 aromatic rings. The third-order valence-corrected chi connectivity index (χ3v) is 4.20. The second-order valence-electron chi connectivity index (χ2n) is 5.51. The van der Waals surface area contributed by atoms with Gasteiger partial charge in [0.15, 0.2) is 0 Å². The number of hydrogen-bond acceptors (Lipinski definition) is 4. The summed E-state index contributed by atoms with van der Waals surface area (Å²) in [6.07, 6.45) is 0. The number of halogens is 1.